The van der Waals surface area contributed by atoms with E-state index in [0.29, 0.717) is 11.3 Å². The van der Waals surface area contributed by atoms with Crippen LogP contribution in [0.5, 0.6) is 0 Å². The Morgan fingerprint density at radius 1 is 0.717 bits per heavy atom. The molecule has 3 heteroatoms. The minimum absolute atomic E-state index is 0. The monoisotopic (exact) mass is 816 g/mol. The summed E-state index contributed by atoms with van der Waals surface area (Å²) in [5, 5.41) is 0. The maximum absolute atomic E-state index is 2.83. The molecule has 11 rings (SSSR count). The summed E-state index contributed by atoms with van der Waals surface area (Å²) >= 11 is -2.56. The van der Waals surface area contributed by atoms with E-state index >= 15 is 0 Å². The van der Waals surface area contributed by atoms with E-state index in [1.807, 2.05) is 6.56 Å². The van der Waals surface area contributed by atoms with Gasteiger partial charge in [-0.2, -0.15) is 0 Å². The Labute approximate surface area is 339 Å². The van der Waals surface area contributed by atoms with Gasteiger partial charge in [-0.3, -0.25) is 0 Å². The fourth-order valence-corrected chi connectivity index (χ4v) is 22.3. The molecule has 0 aliphatic heterocycles. The molecule has 4 saturated carbocycles. The van der Waals surface area contributed by atoms with Crippen molar-refractivity contribution in [3.63, 3.8) is 0 Å². The zero-order valence-corrected chi connectivity index (χ0v) is 37.1. The van der Waals surface area contributed by atoms with E-state index in [9.17, 15) is 0 Å². The number of rotatable bonds is 5. The van der Waals surface area contributed by atoms with Gasteiger partial charge in [0.25, 0.3) is 0 Å². The summed E-state index contributed by atoms with van der Waals surface area (Å²) in [7, 11) is 0. The van der Waals surface area contributed by atoms with Crippen LogP contribution in [0.1, 0.15) is 139 Å². The van der Waals surface area contributed by atoms with Crippen LogP contribution < -0.4 is 24.8 Å². The van der Waals surface area contributed by atoms with Crippen LogP contribution >= 0.6 is 0 Å². The second kappa shape index (κ2) is 13.0. The minimum Gasteiger partial charge on any atom is -1.00 e. The standard InChI is InChI=1S/C25H25.C18H25.C7H6.2ClH.Zr/c1-14-12-24(3,4)22-8-16-7-17-9-23-19(15(2)13-25(23,5)6)11-21(17)20(16)10-18(14)22;1-12-3-13(2)17(4-12)11-18-8-14-5-15(9-18)7-16(6-14)10-18;1-7-5-3-2-4-6-7;;;/h8-12H,7H2,1-6H3;4,12,14-16H,5-11H2,1-2H3;1-6H;2*1H;/q;;;;;+2/p-2. The van der Waals surface area contributed by atoms with Gasteiger partial charge < -0.3 is 24.8 Å². The molecule has 274 valence electrons. The molecule has 8 aliphatic rings. The second-order valence-corrected chi connectivity index (χ2v) is 24.8. The molecule has 0 N–H and O–H groups in total. The van der Waals surface area contributed by atoms with Crippen molar-refractivity contribution < 1.29 is 46.1 Å². The average Bonchev–Trinajstić information content (AvgIpc) is 3.69. The van der Waals surface area contributed by atoms with Crippen molar-refractivity contribution in [3.8, 4) is 11.1 Å². The summed E-state index contributed by atoms with van der Waals surface area (Å²) in [6.45, 7) is 19.8. The summed E-state index contributed by atoms with van der Waals surface area (Å²) in [6, 6.07) is 21.8. The van der Waals surface area contributed by atoms with Gasteiger partial charge in [0, 0.05) is 0 Å². The van der Waals surface area contributed by atoms with Crippen LogP contribution in [-0.4, -0.2) is 3.71 Å². The second-order valence-electron chi connectivity index (χ2n) is 19.5. The first-order valence-corrected chi connectivity index (χ1v) is 24.1. The summed E-state index contributed by atoms with van der Waals surface area (Å²) < 4.78 is 6.50. The average molecular weight is 819 g/mol. The van der Waals surface area contributed by atoms with Crippen LogP contribution in [0.2, 0.25) is 0 Å². The zero-order chi connectivity index (χ0) is 35.2. The van der Waals surface area contributed by atoms with E-state index in [1.54, 1.807) is 22.3 Å². The third-order valence-corrected chi connectivity index (χ3v) is 23.9. The molecular formula is C50H56Cl2Zr. The van der Waals surface area contributed by atoms with Crippen molar-refractivity contribution in [1.29, 1.82) is 0 Å². The molecule has 0 spiro atoms. The maximum atomic E-state index is 2.83. The molecule has 3 aromatic rings. The first-order valence-electron chi connectivity index (χ1n) is 20.3. The van der Waals surface area contributed by atoms with Gasteiger partial charge in [-0.25, -0.2) is 0 Å². The van der Waals surface area contributed by atoms with E-state index in [4.69, 9.17) is 0 Å². The first kappa shape index (κ1) is 37.9. The quantitative estimate of drug-likeness (QED) is 0.206. The molecule has 0 saturated heterocycles. The fraction of sp³-hybridized carbons (Fsp3) is 0.460. The molecule has 53 heavy (non-hydrogen) atoms. The van der Waals surface area contributed by atoms with Gasteiger partial charge in [0.05, 0.1) is 0 Å². The SMILES string of the molecule is CC1=CC(C)(C)c2cc3c(cc21)-c1cc2c(cc1C3)C(C)(C)[C]([Zr+2](=[CH]c1ccccc1)[C]1=C(C)C(CC34CC5CC(CC(C5)C3)C4)=CC1C)=C2C.[Cl-].[Cl-]. The van der Waals surface area contributed by atoms with Gasteiger partial charge in [0.1, 0.15) is 0 Å². The normalized spacial score (nSPS) is 29.0. The van der Waals surface area contributed by atoms with E-state index in [0.717, 1.165) is 24.2 Å². The number of allylic oxidation sites excluding steroid dienone is 8. The molecule has 3 aromatic carbocycles. The van der Waals surface area contributed by atoms with Crippen LogP contribution in [0.25, 0.3) is 22.3 Å². The van der Waals surface area contributed by atoms with Crippen LogP contribution in [0.15, 0.2) is 84.5 Å². The summed E-state index contributed by atoms with van der Waals surface area (Å²) in [5.74, 6) is 3.60. The summed E-state index contributed by atoms with van der Waals surface area (Å²) in [4.78, 5) is 0. The number of hydrogen-bond acceptors (Lipinski definition) is 0. The van der Waals surface area contributed by atoms with E-state index in [2.05, 4.69) is 126 Å². The zero-order valence-electron chi connectivity index (χ0n) is 33.2. The van der Waals surface area contributed by atoms with E-state index in [1.165, 1.54) is 95.0 Å². The molecule has 4 bridgehead atoms. The van der Waals surface area contributed by atoms with Gasteiger partial charge in [-0.1, -0.05) is 0 Å². The Balaban J connectivity index is 0.00000200. The van der Waals surface area contributed by atoms with Crippen molar-refractivity contribution in [2.24, 2.45) is 29.1 Å². The third-order valence-electron chi connectivity index (χ3n) is 15.1. The molecule has 8 aliphatic carbocycles. The van der Waals surface area contributed by atoms with Gasteiger partial charge in [0.2, 0.25) is 0 Å². The molecule has 0 amide bonds. The third kappa shape index (κ3) is 5.78. The smallest absolute Gasteiger partial charge is 1.00 e. The molecule has 1 unspecified atom stereocenters. The molecule has 1 atom stereocenters. The van der Waals surface area contributed by atoms with Gasteiger partial charge in [-0.05, 0) is 0 Å². The Bertz CT molecular complexity index is 2180. The Hall–Kier alpha value is -2.05. The fourth-order valence-electron chi connectivity index (χ4n) is 13.5. The minimum atomic E-state index is -2.56. The van der Waals surface area contributed by atoms with Gasteiger partial charge in [0.15, 0.2) is 0 Å². The Morgan fingerprint density at radius 2 is 1.30 bits per heavy atom. The molecule has 0 aromatic heterocycles. The van der Waals surface area contributed by atoms with Crippen LogP contribution in [0.4, 0.5) is 0 Å². The number of hydrogen-bond donors (Lipinski definition) is 0. The van der Waals surface area contributed by atoms with Crippen molar-refractivity contribution >= 4 is 14.9 Å². The van der Waals surface area contributed by atoms with Gasteiger partial charge >= 0.3 is 317 Å². The van der Waals surface area contributed by atoms with E-state index in [-0.39, 0.29) is 35.6 Å². The van der Waals surface area contributed by atoms with Crippen molar-refractivity contribution in [3.05, 3.63) is 123 Å². The molecule has 4 fully saturated rings. The molecule has 0 heterocycles. The predicted molar refractivity (Wildman–Crippen MR) is 214 cm³/mol. The Kier molecular flexibility index (Phi) is 9.29. The number of benzene rings is 3. The largest absolute Gasteiger partial charge is 1.00 e. The molecule has 0 radical (unpaired) electrons. The summed E-state index contributed by atoms with van der Waals surface area (Å²) in [6.07, 6.45) is 16.8. The first-order chi connectivity index (χ1) is 24.3. The molecule has 0 nitrogen and oxygen atoms in total. The summed E-state index contributed by atoms with van der Waals surface area (Å²) in [5.41, 5.74) is 20.7. The van der Waals surface area contributed by atoms with Crippen LogP contribution in [0.3, 0.4) is 0 Å². The van der Waals surface area contributed by atoms with Crippen molar-refractivity contribution in [2.75, 3.05) is 0 Å². The Morgan fingerprint density at radius 3 is 1.92 bits per heavy atom. The van der Waals surface area contributed by atoms with Gasteiger partial charge in [-0.15, -0.1) is 0 Å². The van der Waals surface area contributed by atoms with Crippen LogP contribution in [0, 0.1) is 29.1 Å². The van der Waals surface area contributed by atoms with E-state index < -0.39 is 21.3 Å². The number of fused-ring (bicyclic) bond motifs is 5. The predicted octanol–water partition coefficient (Wildman–Crippen LogP) is 6.91. The maximum Gasteiger partial charge on any atom is -1.00 e. The van der Waals surface area contributed by atoms with Crippen molar-refractivity contribution in [1.82, 2.24) is 0 Å². The van der Waals surface area contributed by atoms with Crippen molar-refractivity contribution in [2.45, 2.75) is 118 Å². The van der Waals surface area contributed by atoms with Crippen LogP contribution in [-0.2, 0) is 38.5 Å². The molecular weight excluding hydrogens is 763 g/mol. The number of halogens is 2. The topological polar surface area (TPSA) is 0 Å².